The molecule has 1 unspecified atom stereocenters. The Kier molecular flexibility index (Phi) is 5.30. The molecule has 6 heteroatoms. The minimum Gasteiger partial charge on any atom is -0.481 e. The highest BCUT2D eigenvalue weighted by Gasteiger charge is 2.25. The molecule has 1 N–H and O–H groups in total. The summed E-state index contributed by atoms with van der Waals surface area (Å²) in [5.74, 6) is -1.53. The van der Waals surface area contributed by atoms with E-state index in [-0.39, 0.29) is 17.4 Å². The van der Waals surface area contributed by atoms with E-state index in [4.69, 9.17) is 5.11 Å². The fraction of sp³-hybridized carbons (Fsp3) is 0.500. The summed E-state index contributed by atoms with van der Waals surface area (Å²) in [6.07, 6.45) is 0. The van der Waals surface area contributed by atoms with E-state index in [2.05, 4.69) is 0 Å². The maximum absolute atomic E-state index is 12.4. The molecule has 0 bridgehead atoms. The summed E-state index contributed by atoms with van der Waals surface area (Å²) in [5.41, 5.74) is 0.936. The summed E-state index contributed by atoms with van der Waals surface area (Å²) in [6, 6.07) is 6.76. The summed E-state index contributed by atoms with van der Waals surface area (Å²) in [5, 5.41) is 8.86. The topological polar surface area (TPSA) is 74.7 Å². The van der Waals surface area contributed by atoms with E-state index in [1.165, 1.54) is 20.0 Å². The molecular formula is C14H21NO4S. The highest BCUT2D eigenvalue weighted by molar-refractivity contribution is 7.89. The molecule has 0 saturated carbocycles. The molecule has 0 spiro atoms. The van der Waals surface area contributed by atoms with E-state index in [1.54, 1.807) is 12.1 Å². The van der Waals surface area contributed by atoms with Crippen molar-refractivity contribution in [3.05, 3.63) is 29.8 Å². The van der Waals surface area contributed by atoms with Crippen LogP contribution in [0.15, 0.2) is 29.2 Å². The quantitative estimate of drug-likeness (QED) is 0.873. The van der Waals surface area contributed by atoms with Gasteiger partial charge in [-0.05, 0) is 23.6 Å². The van der Waals surface area contributed by atoms with Gasteiger partial charge in [0, 0.05) is 13.6 Å². The third-order valence-corrected chi connectivity index (χ3v) is 5.00. The fourth-order valence-corrected chi connectivity index (χ4v) is 3.09. The molecule has 0 saturated heterocycles. The van der Waals surface area contributed by atoms with Crippen LogP contribution >= 0.6 is 0 Å². The first-order valence-electron chi connectivity index (χ1n) is 6.45. The first-order valence-corrected chi connectivity index (χ1v) is 7.89. The molecule has 0 amide bonds. The fourth-order valence-electron chi connectivity index (χ4n) is 1.78. The van der Waals surface area contributed by atoms with Crippen molar-refractivity contribution in [1.29, 1.82) is 0 Å². The number of sulfonamides is 1. The average molecular weight is 299 g/mol. The third-order valence-electron chi connectivity index (χ3n) is 3.19. The minimum absolute atomic E-state index is 0.0520. The predicted molar refractivity (Wildman–Crippen MR) is 77.1 cm³/mol. The minimum atomic E-state index is -3.65. The summed E-state index contributed by atoms with van der Waals surface area (Å²) in [7, 11) is -2.25. The van der Waals surface area contributed by atoms with Crippen LogP contribution in [0.25, 0.3) is 0 Å². The van der Waals surface area contributed by atoms with Gasteiger partial charge in [-0.3, -0.25) is 4.79 Å². The Morgan fingerprint density at radius 3 is 2.40 bits per heavy atom. The molecule has 20 heavy (non-hydrogen) atoms. The van der Waals surface area contributed by atoms with Crippen LogP contribution < -0.4 is 0 Å². The molecule has 5 nitrogen and oxygen atoms in total. The first kappa shape index (κ1) is 16.7. The molecule has 0 aliphatic rings. The van der Waals surface area contributed by atoms with Gasteiger partial charge in [0.1, 0.15) is 0 Å². The summed E-state index contributed by atoms with van der Waals surface area (Å²) in [4.78, 5) is 11.0. The van der Waals surface area contributed by atoms with Gasteiger partial charge in [-0.15, -0.1) is 0 Å². The van der Waals surface area contributed by atoms with Gasteiger partial charge < -0.3 is 5.11 Å². The molecule has 1 rings (SSSR count). The van der Waals surface area contributed by atoms with Crippen molar-refractivity contribution < 1.29 is 18.3 Å². The summed E-state index contributed by atoms with van der Waals surface area (Å²) < 4.78 is 25.9. The van der Waals surface area contributed by atoms with Crippen molar-refractivity contribution in [3.8, 4) is 0 Å². The maximum atomic E-state index is 12.4. The number of carboxylic acid groups (broad SMARTS) is 1. The standard InChI is InChI=1S/C14H21NO4S/c1-10(2)12-6-5-7-13(8-12)20(18,19)15(4)9-11(3)14(16)17/h5-8,10-11H,9H2,1-4H3,(H,16,17). The normalized spacial score (nSPS) is 13.7. The summed E-state index contributed by atoms with van der Waals surface area (Å²) >= 11 is 0. The van der Waals surface area contributed by atoms with Crippen molar-refractivity contribution >= 4 is 16.0 Å². The van der Waals surface area contributed by atoms with Crippen molar-refractivity contribution in [2.45, 2.75) is 31.6 Å². The molecule has 0 aromatic heterocycles. The van der Waals surface area contributed by atoms with Gasteiger partial charge in [0.15, 0.2) is 0 Å². The lowest BCUT2D eigenvalue weighted by atomic mass is 10.0. The highest BCUT2D eigenvalue weighted by Crippen LogP contribution is 2.21. The van der Waals surface area contributed by atoms with E-state index in [0.29, 0.717) is 0 Å². The lowest BCUT2D eigenvalue weighted by molar-refractivity contribution is -0.141. The van der Waals surface area contributed by atoms with Gasteiger partial charge in [-0.25, -0.2) is 12.7 Å². The molecule has 0 radical (unpaired) electrons. The first-order chi connectivity index (χ1) is 9.16. The average Bonchev–Trinajstić information content (AvgIpc) is 2.38. The van der Waals surface area contributed by atoms with E-state index in [0.717, 1.165) is 9.87 Å². The lowest BCUT2D eigenvalue weighted by Crippen LogP contribution is -2.33. The molecular weight excluding hydrogens is 278 g/mol. The third kappa shape index (κ3) is 3.80. The van der Waals surface area contributed by atoms with Crippen LogP contribution in [0.4, 0.5) is 0 Å². The van der Waals surface area contributed by atoms with Crippen molar-refractivity contribution in [2.24, 2.45) is 5.92 Å². The molecule has 112 valence electrons. The lowest BCUT2D eigenvalue weighted by Gasteiger charge is -2.20. The van der Waals surface area contributed by atoms with E-state index >= 15 is 0 Å². The zero-order valence-electron chi connectivity index (χ0n) is 12.2. The zero-order valence-corrected chi connectivity index (χ0v) is 13.0. The summed E-state index contributed by atoms with van der Waals surface area (Å²) in [6.45, 7) is 5.41. The van der Waals surface area contributed by atoms with Gasteiger partial charge in [0.25, 0.3) is 0 Å². The molecule has 0 aliphatic heterocycles. The molecule has 1 atom stereocenters. The van der Waals surface area contributed by atoms with Crippen LogP contribution in [0.5, 0.6) is 0 Å². The van der Waals surface area contributed by atoms with E-state index in [9.17, 15) is 13.2 Å². The predicted octanol–water partition coefficient (Wildman–Crippen LogP) is 2.15. The largest absolute Gasteiger partial charge is 0.481 e. The van der Waals surface area contributed by atoms with Gasteiger partial charge in [0.05, 0.1) is 10.8 Å². The second-order valence-corrected chi connectivity index (χ2v) is 7.30. The Balaban J connectivity index is 3.04. The number of carbonyl (C=O) groups is 1. The number of hydrogen-bond donors (Lipinski definition) is 1. The van der Waals surface area contributed by atoms with Gasteiger partial charge in [-0.2, -0.15) is 0 Å². The van der Waals surface area contributed by atoms with Gasteiger partial charge in [-0.1, -0.05) is 32.9 Å². The number of rotatable bonds is 6. The van der Waals surface area contributed by atoms with E-state index in [1.807, 2.05) is 19.9 Å². The van der Waals surface area contributed by atoms with Crippen LogP contribution in [0.1, 0.15) is 32.3 Å². The van der Waals surface area contributed by atoms with Crippen LogP contribution in [0, 0.1) is 5.92 Å². The van der Waals surface area contributed by atoms with Crippen molar-refractivity contribution in [3.63, 3.8) is 0 Å². The molecule has 1 aromatic carbocycles. The van der Waals surface area contributed by atoms with Crippen LogP contribution in [0.2, 0.25) is 0 Å². The molecule has 0 aliphatic carbocycles. The van der Waals surface area contributed by atoms with E-state index < -0.39 is 21.9 Å². The number of carboxylic acids is 1. The van der Waals surface area contributed by atoms with Crippen molar-refractivity contribution in [1.82, 2.24) is 4.31 Å². The molecule has 0 fully saturated rings. The number of nitrogens with zero attached hydrogens (tertiary/aromatic N) is 1. The zero-order chi connectivity index (χ0) is 15.5. The Morgan fingerprint density at radius 2 is 1.90 bits per heavy atom. The second-order valence-electron chi connectivity index (χ2n) is 5.25. The SMILES string of the molecule is CC(CN(C)S(=O)(=O)c1cccc(C(C)C)c1)C(=O)O. The Labute approximate surface area is 120 Å². The Hall–Kier alpha value is -1.40. The highest BCUT2D eigenvalue weighted by atomic mass is 32.2. The maximum Gasteiger partial charge on any atom is 0.307 e. The van der Waals surface area contributed by atoms with Gasteiger partial charge >= 0.3 is 5.97 Å². The van der Waals surface area contributed by atoms with Crippen LogP contribution in [-0.4, -0.2) is 37.4 Å². The van der Waals surface area contributed by atoms with Crippen LogP contribution in [-0.2, 0) is 14.8 Å². The number of hydrogen-bond acceptors (Lipinski definition) is 3. The van der Waals surface area contributed by atoms with Gasteiger partial charge in [0.2, 0.25) is 10.0 Å². The molecule has 0 heterocycles. The molecule has 1 aromatic rings. The number of benzene rings is 1. The Morgan fingerprint density at radius 1 is 1.30 bits per heavy atom. The number of aliphatic carboxylic acids is 1. The second kappa shape index (κ2) is 6.37. The van der Waals surface area contributed by atoms with Crippen LogP contribution in [0.3, 0.4) is 0 Å². The monoisotopic (exact) mass is 299 g/mol. The smallest absolute Gasteiger partial charge is 0.307 e. The Bertz CT molecular complexity index is 581. The van der Waals surface area contributed by atoms with Crippen molar-refractivity contribution in [2.75, 3.05) is 13.6 Å².